The molecule has 0 aliphatic heterocycles. The summed E-state index contributed by atoms with van der Waals surface area (Å²) in [6.07, 6.45) is 9.74. The summed E-state index contributed by atoms with van der Waals surface area (Å²) < 4.78 is 5.63. The molecule has 3 rings (SSSR count). The van der Waals surface area contributed by atoms with Crippen molar-refractivity contribution in [2.45, 2.75) is 70.3 Å². The van der Waals surface area contributed by atoms with Crippen molar-refractivity contribution < 1.29 is 9.53 Å². The van der Waals surface area contributed by atoms with E-state index in [1.165, 1.54) is 19.3 Å². The van der Waals surface area contributed by atoms with Crippen LogP contribution in [0.1, 0.15) is 63.6 Å². The number of carbonyl (C=O) groups is 1. The van der Waals surface area contributed by atoms with Gasteiger partial charge in [0.05, 0.1) is 10.9 Å². The van der Waals surface area contributed by atoms with Crippen molar-refractivity contribution in [3.05, 3.63) is 40.4 Å². The Kier molecular flexibility index (Phi) is 6.20. The van der Waals surface area contributed by atoms with Gasteiger partial charge in [-0.05, 0) is 44.2 Å². The minimum Gasteiger partial charge on any atom is -0.462 e. The Bertz CT molecular complexity index is 761. The maximum atomic E-state index is 12.1. The van der Waals surface area contributed by atoms with Crippen molar-refractivity contribution in [3.63, 3.8) is 0 Å². The Morgan fingerprint density at radius 2 is 1.84 bits per heavy atom. The zero-order valence-electron chi connectivity index (χ0n) is 14.6. The summed E-state index contributed by atoms with van der Waals surface area (Å²) in [7, 11) is 0. The molecule has 0 unspecified atom stereocenters. The molecule has 2 aromatic rings. The van der Waals surface area contributed by atoms with E-state index in [1.807, 2.05) is 18.2 Å². The average Bonchev–Trinajstić information content (AvgIpc) is 2.57. The molecular weight excluding hydrogens is 316 g/mol. The Hall–Kier alpha value is -2.17. The number of benzene rings is 1. The van der Waals surface area contributed by atoms with Crippen LogP contribution in [-0.4, -0.2) is 22.0 Å². The maximum absolute atomic E-state index is 12.1. The summed E-state index contributed by atoms with van der Waals surface area (Å²) >= 11 is 0. The molecule has 25 heavy (non-hydrogen) atoms. The summed E-state index contributed by atoms with van der Waals surface area (Å²) in [5, 5.41) is 0.593. The van der Waals surface area contributed by atoms with Crippen LogP contribution in [0.2, 0.25) is 0 Å². The molecule has 0 radical (unpaired) electrons. The van der Waals surface area contributed by atoms with E-state index < -0.39 is 0 Å². The number of rotatable bonds is 5. The van der Waals surface area contributed by atoms with Crippen LogP contribution in [0.4, 0.5) is 0 Å². The minimum atomic E-state index is -0.131. The second-order valence-corrected chi connectivity index (χ2v) is 6.84. The van der Waals surface area contributed by atoms with Gasteiger partial charge in [0, 0.05) is 12.8 Å². The highest BCUT2D eigenvalue weighted by Crippen LogP contribution is 2.20. The third-order valence-corrected chi connectivity index (χ3v) is 4.81. The number of hydrogen-bond donors (Lipinski definition) is 1. The number of nitrogens with one attached hydrogen (secondary N) is 1. The zero-order chi connectivity index (χ0) is 17.5. The summed E-state index contributed by atoms with van der Waals surface area (Å²) in [5.74, 6) is 0.496. The molecule has 1 saturated carbocycles. The number of fused-ring (bicyclic) bond motifs is 1. The molecule has 5 nitrogen and oxygen atoms in total. The normalized spacial score (nSPS) is 16.3. The molecular formula is C20H26N2O3. The van der Waals surface area contributed by atoms with Crippen LogP contribution in [-0.2, 0) is 16.0 Å². The van der Waals surface area contributed by atoms with Crippen LogP contribution < -0.4 is 5.56 Å². The standard InChI is InChI=1S/C20H26N2O3/c23-19(25-15-9-4-2-1-3-5-10-15)14-8-13-18-21-17-12-7-6-11-16(17)20(24)22-18/h6-7,11-12,15H,1-5,8-10,13-14H2,(H,21,22,24). The summed E-state index contributed by atoms with van der Waals surface area (Å²) in [6.45, 7) is 0. The highest BCUT2D eigenvalue weighted by Gasteiger charge is 2.16. The molecule has 134 valence electrons. The smallest absolute Gasteiger partial charge is 0.306 e. The molecule has 0 amide bonds. The van der Waals surface area contributed by atoms with E-state index in [1.54, 1.807) is 6.07 Å². The largest absolute Gasteiger partial charge is 0.462 e. The van der Waals surface area contributed by atoms with Gasteiger partial charge in [0.1, 0.15) is 11.9 Å². The van der Waals surface area contributed by atoms with Gasteiger partial charge in [0.15, 0.2) is 0 Å². The second kappa shape index (κ2) is 8.79. The van der Waals surface area contributed by atoms with Crippen LogP contribution in [0.15, 0.2) is 29.1 Å². The highest BCUT2D eigenvalue weighted by atomic mass is 16.5. The lowest BCUT2D eigenvalue weighted by Gasteiger charge is -2.20. The molecule has 0 bridgehead atoms. The van der Waals surface area contributed by atoms with Crippen LogP contribution in [0.25, 0.3) is 10.9 Å². The molecule has 1 N–H and O–H groups in total. The fraction of sp³-hybridized carbons (Fsp3) is 0.550. The summed E-state index contributed by atoms with van der Waals surface area (Å²) in [4.78, 5) is 31.4. The van der Waals surface area contributed by atoms with E-state index in [2.05, 4.69) is 9.97 Å². The van der Waals surface area contributed by atoms with Gasteiger partial charge in [-0.15, -0.1) is 0 Å². The molecule has 1 fully saturated rings. The molecule has 1 aliphatic carbocycles. The number of aromatic amines is 1. The van der Waals surface area contributed by atoms with Crippen molar-refractivity contribution in [1.29, 1.82) is 0 Å². The molecule has 1 aromatic heterocycles. The molecule has 5 heteroatoms. The number of para-hydroxylation sites is 1. The van der Waals surface area contributed by atoms with Crippen molar-refractivity contribution in [3.8, 4) is 0 Å². The quantitative estimate of drug-likeness (QED) is 0.837. The van der Waals surface area contributed by atoms with E-state index in [4.69, 9.17) is 4.74 Å². The fourth-order valence-corrected chi connectivity index (χ4v) is 3.43. The van der Waals surface area contributed by atoms with Gasteiger partial charge in [-0.2, -0.15) is 0 Å². The van der Waals surface area contributed by atoms with E-state index in [9.17, 15) is 9.59 Å². The van der Waals surface area contributed by atoms with Crippen LogP contribution in [0.3, 0.4) is 0 Å². The summed E-state index contributed by atoms with van der Waals surface area (Å²) in [6, 6.07) is 7.28. The number of aromatic nitrogens is 2. The third kappa shape index (κ3) is 5.15. The SMILES string of the molecule is O=C(CCCc1nc2ccccc2c(=O)[nH]1)OC1CCCCCCC1. The first kappa shape index (κ1) is 17.6. The first-order chi connectivity index (χ1) is 12.2. The van der Waals surface area contributed by atoms with E-state index >= 15 is 0 Å². The number of ether oxygens (including phenoxy) is 1. The Labute approximate surface area is 147 Å². The Morgan fingerprint density at radius 3 is 2.64 bits per heavy atom. The maximum Gasteiger partial charge on any atom is 0.306 e. The van der Waals surface area contributed by atoms with Gasteiger partial charge in [0.25, 0.3) is 5.56 Å². The Balaban J connectivity index is 1.49. The minimum absolute atomic E-state index is 0.0893. The van der Waals surface area contributed by atoms with Crippen LogP contribution in [0.5, 0.6) is 0 Å². The molecule has 1 aliphatic rings. The van der Waals surface area contributed by atoms with Gasteiger partial charge < -0.3 is 9.72 Å². The number of H-pyrrole nitrogens is 1. The first-order valence-electron chi connectivity index (χ1n) is 9.40. The van der Waals surface area contributed by atoms with Gasteiger partial charge in [-0.1, -0.05) is 31.4 Å². The molecule has 0 spiro atoms. The number of aryl methyl sites for hydroxylation is 1. The lowest BCUT2D eigenvalue weighted by Crippen LogP contribution is -2.19. The van der Waals surface area contributed by atoms with Crippen molar-refractivity contribution in [2.24, 2.45) is 0 Å². The Morgan fingerprint density at radius 1 is 1.12 bits per heavy atom. The van der Waals surface area contributed by atoms with E-state index in [0.717, 1.165) is 25.7 Å². The predicted molar refractivity (Wildman–Crippen MR) is 97.5 cm³/mol. The van der Waals surface area contributed by atoms with Crippen LogP contribution >= 0.6 is 0 Å². The van der Waals surface area contributed by atoms with Crippen molar-refractivity contribution in [2.75, 3.05) is 0 Å². The number of nitrogens with zero attached hydrogens (tertiary/aromatic N) is 1. The monoisotopic (exact) mass is 342 g/mol. The van der Waals surface area contributed by atoms with E-state index in [-0.39, 0.29) is 17.6 Å². The van der Waals surface area contributed by atoms with Gasteiger partial charge in [-0.3, -0.25) is 9.59 Å². The molecule has 0 atom stereocenters. The lowest BCUT2D eigenvalue weighted by molar-refractivity contribution is -0.150. The first-order valence-corrected chi connectivity index (χ1v) is 9.40. The topological polar surface area (TPSA) is 72.0 Å². The second-order valence-electron chi connectivity index (χ2n) is 6.84. The number of esters is 1. The van der Waals surface area contributed by atoms with Gasteiger partial charge >= 0.3 is 5.97 Å². The number of carbonyl (C=O) groups excluding carboxylic acids is 1. The third-order valence-electron chi connectivity index (χ3n) is 4.81. The lowest BCUT2D eigenvalue weighted by atomic mass is 9.98. The highest BCUT2D eigenvalue weighted by molar-refractivity contribution is 5.77. The van der Waals surface area contributed by atoms with Crippen LogP contribution in [0, 0.1) is 0 Å². The number of hydrogen-bond acceptors (Lipinski definition) is 4. The van der Waals surface area contributed by atoms with Crippen molar-refractivity contribution >= 4 is 16.9 Å². The van der Waals surface area contributed by atoms with Gasteiger partial charge in [-0.25, -0.2) is 4.98 Å². The molecule has 0 saturated heterocycles. The van der Waals surface area contributed by atoms with E-state index in [0.29, 0.717) is 36.0 Å². The average molecular weight is 342 g/mol. The zero-order valence-corrected chi connectivity index (χ0v) is 14.6. The summed E-state index contributed by atoms with van der Waals surface area (Å²) in [5.41, 5.74) is 0.566. The predicted octanol–water partition coefficient (Wildman–Crippen LogP) is 3.90. The molecule has 1 heterocycles. The molecule has 1 aromatic carbocycles. The fourth-order valence-electron chi connectivity index (χ4n) is 3.43. The van der Waals surface area contributed by atoms with Gasteiger partial charge in [0.2, 0.25) is 0 Å². The van der Waals surface area contributed by atoms with Crippen molar-refractivity contribution in [1.82, 2.24) is 9.97 Å².